The topological polar surface area (TPSA) is 65.1 Å². The molecule has 0 aliphatic carbocycles. The molecular weight excluding hydrogens is 390 g/mol. The normalized spacial score (nSPS) is 13.6. The third-order valence-electron chi connectivity index (χ3n) is 6.15. The van der Waals surface area contributed by atoms with Crippen LogP contribution in [0.5, 0.6) is 0 Å². The van der Waals surface area contributed by atoms with Gasteiger partial charge in [-0.25, -0.2) is 4.79 Å². The van der Waals surface area contributed by atoms with Gasteiger partial charge in [-0.1, -0.05) is 42.0 Å². The van der Waals surface area contributed by atoms with Crippen LogP contribution in [0.4, 0.5) is 11.6 Å². The maximum atomic E-state index is 13.5. The van der Waals surface area contributed by atoms with Gasteiger partial charge in [0.2, 0.25) is 5.95 Å². The van der Waals surface area contributed by atoms with Crippen LogP contribution < -0.4 is 16.1 Å². The van der Waals surface area contributed by atoms with Crippen LogP contribution >= 0.6 is 0 Å². The van der Waals surface area contributed by atoms with E-state index in [1.54, 1.807) is 7.05 Å². The lowest BCUT2D eigenvalue weighted by Crippen LogP contribution is -2.40. The second kappa shape index (κ2) is 7.27. The van der Waals surface area contributed by atoms with Crippen LogP contribution in [0.25, 0.3) is 11.2 Å². The maximum absolute atomic E-state index is 13.5. The molecule has 0 amide bonds. The Hall–Kier alpha value is -3.61. The minimum absolute atomic E-state index is 0.246. The van der Waals surface area contributed by atoms with Gasteiger partial charge in [-0.2, -0.15) is 4.98 Å². The fourth-order valence-corrected chi connectivity index (χ4v) is 4.33. The van der Waals surface area contributed by atoms with E-state index in [-0.39, 0.29) is 17.8 Å². The molecule has 0 fully saturated rings. The van der Waals surface area contributed by atoms with Crippen molar-refractivity contribution in [2.24, 2.45) is 7.05 Å². The first kappa shape index (κ1) is 19.4. The summed E-state index contributed by atoms with van der Waals surface area (Å²) < 4.78 is 4.78. The van der Waals surface area contributed by atoms with E-state index in [4.69, 9.17) is 4.98 Å². The van der Waals surface area contributed by atoms with Gasteiger partial charge in [0.25, 0.3) is 5.56 Å². The van der Waals surface area contributed by atoms with Crippen molar-refractivity contribution >= 4 is 22.8 Å². The van der Waals surface area contributed by atoms with Crippen molar-refractivity contribution < 1.29 is 0 Å². The van der Waals surface area contributed by atoms with Gasteiger partial charge in [-0.3, -0.25) is 13.9 Å². The third kappa shape index (κ3) is 3.08. The highest BCUT2D eigenvalue weighted by molar-refractivity contribution is 5.77. The van der Waals surface area contributed by atoms with Crippen molar-refractivity contribution in [3.63, 3.8) is 0 Å². The van der Waals surface area contributed by atoms with Gasteiger partial charge in [-0.15, -0.1) is 0 Å². The number of anilines is 2. The third-order valence-corrected chi connectivity index (χ3v) is 6.15. The van der Waals surface area contributed by atoms with Crippen LogP contribution in [0.3, 0.4) is 0 Å². The van der Waals surface area contributed by atoms with Crippen LogP contribution in [-0.2, 0) is 20.1 Å². The van der Waals surface area contributed by atoms with Gasteiger partial charge >= 0.3 is 5.69 Å². The van der Waals surface area contributed by atoms with Crippen molar-refractivity contribution in [1.82, 2.24) is 18.7 Å². The molecule has 0 spiro atoms. The molecule has 7 nitrogen and oxygen atoms in total. The van der Waals surface area contributed by atoms with Crippen LogP contribution in [-0.4, -0.2) is 25.2 Å². The highest BCUT2D eigenvalue weighted by Crippen LogP contribution is 2.31. The number of aromatic nitrogens is 4. The summed E-state index contributed by atoms with van der Waals surface area (Å²) in [5, 5.41) is 0. The van der Waals surface area contributed by atoms with E-state index in [0.29, 0.717) is 23.7 Å². The van der Waals surface area contributed by atoms with Crippen molar-refractivity contribution in [3.8, 4) is 0 Å². The zero-order valence-electron chi connectivity index (χ0n) is 18.0. The van der Waals surface area contributed by atoms with Gasteiger partial charge in [0.05, 0.1) is 6.54 Å². The Morgan fingerprint density at radius 1 is 0.968 bits per heavy atom. The summed E-state index contributed by atoms with van der Waals surface area (Å²) in [5.41, 5.74) is 4.53. The molecule has 4 aromatic rings. The van der Waals surface area contributed by atoms with Crippen LogP contribution in [0.1, 0.15) is 23.1 Å². The van der Waals surface area contributed by atoms with Crippen molar-refractivity contribution in [2.75, 3.05) is 11.4 Å². The monoisotopic (exact) mass is 415 g/mol. The Morgan fingerprint density at radius 3 is 2.45 bits per heavy atom. The molecular formula is C24H25N5O2. The van der Waals surface area contributed by atoms with E-state index in [1.807, 2.05) is 35.8 Å². The molecule has 3 heterocycles. The van der Waals surface area contributed by atoms with E-state index in [9.17, 15) is 9.59 Å². The highest BCUT2D eigenvalue weighted by atomic mass is 16.2. The summed E-state index contributed by atoms with van der Waals surface area (Å²) in [6.45, 7) is 5.81. The minimum Gasteiger partial charge on any atom is -0.312 e. The predicted molar refractivity (Wildman–Crippen MR) is 122 cm³/mol. The molecule has 2 aromatic heterocycles. The first-order chi connectivity index (χ1) is 15.0. The zero-order valence-corrected chi connectivity index (χ0v) is 18.0. The van der Waals surface area contributed by atoms with E-state index in [1.165, 1.54) is 14.7 Å². The quantitative estimate of drug-likeness (QED) is 0.516. The number of rotatable bonds is 3. The predicted octanol–water partition coefficient (Wildman–Crippen LogP) is 3.10. The molecule has 1 aliphatic heterocycles. The molecule has 2 aromatic carbocycles. The standard InChI is InChI=1S/C24H25N5O2/c1-16-9-11-19(12-10-16)27-13-6-14-28-20-21(25-23(27)28)26(3)24(31)29(22(20)30)15-18-8-5-4-7-17(18)2/h4-5,7-12H,6,13-15H2,1-3H3. The lowest BCUT2D eigenvalue weighted by atomic mass is 10.1. The number of fused-ring (bicyclic) bond motifs is 3. The summed E-state index contributed by atoms with van der Waals surface area (Å²) >= 11 is 0. The average molecular weight is 415 g/mol. The van der Waals surface area contributed by atoms with E-state index < -0.39 is 0 Å². The zero-order chi connectivity index (χ0) is 21.7. The number of nitrogens with zero attached hydrogens (tertiary/aromatic N) is 5. The number of imidazole rings is 1. The summed E-state index contributed by atoms with van der Waals surface area (Å²) in [6.07, 6.45) is 0.895. The molecule has 7 heteroatoms. The Labute approximate surface area is 179 Å². The summed E-state index contributed by atoms with van der Waals surface area (Å²) in [7, 11) is 1.69. The molecule has 0 saturated carbocycles. The second-order valence-electron chi connectivity index (χ2n) is 8.24. The molecule has 0 radical (unpaired) electrons. The fraction of sp³-hybridized carbons (Fsp3) is 0.292. The van der Waals surface area contributed by atoms with Crippen LogP contribution in [0.2, 0.25) is 0 Å². The molecule has 1 aliphatic rings. The number of benzene rings is 2. The van der Waals surface area contributed by atoms with Crippen LogP contribution in [0.15, 0.2) is 58.1 Å². The van der Waals surface area contributed by atoms with Crippen molar-refractivity contribution in [3.05, 3.63) is 86.1 Å². The largest absolute Gasteiger partial charge is 0.332 e. The van der Waals surface area contributed by atoms with E-state index in [0.717, 1.165) is 29.8 Å². The van der Waals surface area contributed by atoms with Gasteiger partial charge in [-0.05, 0) is 43.5 Å². The Balaban J connectivity index is 1.71. The van der Waals surface area contributed by atoms with E-state index in [2.05, 4.69) is 36.1 Å². The van der Waals surface area contributed by atoms with Crippen LogP contribution in [0, 0.1) is 13.8 Å². The first-order valence-electron chi connectivity index (χ1n) is 10.5. The average Bonchev–Trinajstić information content (AvgIpc) is 3.17. The molecule has 0 atom stereocenters. The molecule has 0 N–H and O–H groups in total. The summed E-state index contributed by atoms with van der Waals surface area (Å²) in [6, 6.07) is 16.1. The van der Waals surface area contributed by atoms with Crippen molar-refractivity contribution in [1.29, 1.82) is 0 Å². The molecule has 31 heavy (non-hydrogen) atoms. The maximum Gasteiger partial charge on any atom is 0.332 e. The van der Waals surface area contributed by atoms with Gasteiger partial charge in [0.1, 0.15) is 0 Å². The fourth-order valence-electron chi connectivity index (χ4n) is 4.33. The van der Waals surface area contributed by atoms with Gasteiger partial charge in [0, 0.05) is 25.8 Å². The Morgan fingerprint density at radius 2 is 1.71 bits per heavy atom. The molecule has 0 unspecified atom stereocenters. The summed E-state index contributed by atoms with van der Waals surface area (Å²) in [4.78, 5) is 33.5. The summed E-state index contributed by atoms with van der Waals surface area (Å²) in [5.74, 6) is 0.714. The molecule has 158 valence electrons. The van der Waals surface area contributed by atoms with E-state index >= 15 is 0 Å². The number of aryl methyl sites for hydroxylation is 4. The van der Waals surface area contributed by atoms with Gasteiger partial charge in [0.15, 0.2) is 11.2 Å². The molecule has 5 rings (SSSR count). The van der Waals surface area contributed by atoms with Crippen molar-refractivity contribution in [2.45, 2.75) is 33.4 Å². The minimum atomic E-state index is -0.349. The second-order valence-corrected chi connectivity index (χ2v) is 8.24. The lowest BCUT2D eigenvalue weighted by molar-refractivity contribution is 0.597. The Kier molecular flexibility index (Phi) is 4.54. The smallest absolute Gasteiger partial charge is 0.312 e. The first-order valence-corrected chi connectivity index (χ1v) is 10.5. The van der Waals surface area contributed by atoms with Gasteiger partial charge < -0.3 is 9.47 Å². The highest BCUT2D eigenvalue weighted by Gasteiger charge is 2.27. The SMILES string of the molecule is Cc1ccc(N2CCCn3c2nc2c3c(=O)n(Cc3ccccc3C)c(=O)n2C)cc1. The molecule has 0 saturated heterocycles. The lowest BCUT2D eigenvalue weighted by Gasteiger charge is -2.29. The Bertz CT molecular complexity index is 1410. The number of hydrogen-bond donors (Lipinski definition) is 0. The number of hydrogen-bond acceptors (Lipinski definition) is 4. The molecule has 0 bridgehead atoms.